The molecule has 0 saturated carbocycles. The fourth-order valence-electron chi connectivity index (χ4n) is 0.873. The van der Waals surface area contributed by atoms with Crippen molar-refractivity contribution in [3.05, 3.63) is 28.8 Å². The number of nitrogens with zero attached hydrogens (tertiary/aromatic N) is 1. The Morgan fingerprint density at radius 3 is 2.86 bits per heavy atom. The van der Waals surface area contributed by atoms with E-state index >= 15 is 0 Å². The lowest BCUT2D eigenvalue weighted by molar-refractivity contribution is 0.370. The maximum Gasteiger partial charge on any atom is 0.149 e. The van der Waals surface area contributed by atoms with Gasteiger partial charge in [0.25, 0.3) is 0 Å². The minimum absolute atomic E-state index is 0.308. The number of ether oxygens (including phenoxy) is 1. The van der Waals surface area contributed by atoms with Crippen LogP contribution in [0.5, 0.6) is 5.75 Å². The number of hydrogen-bond donors (Lipinski definition) is 0. The fraction of sp³-hybridized carbons (Fsp3) is 0.182. The van der Waals surface area contributed by atoms with Gasteiger partial charge in [-0.1, -0.05) is 17.5 Å². The quantitative estimate of drug-likeness (QED) is 0.696. The molecule has 0 aliphatic carbocycles. The lowest BCUT2D eigenvalue weighted by atomic mass is 10.2. The zero-order valence-corrected chi connectivity index (χ0v) is 8.43. The predicted molar refractivity (Wildman–Crippen MR) is 55.1 cm³/mol. The minimum Gasteiger partial charge on any atom is -0.479 e. The van der Waals surface area contributed by atoms with Crippen LogP contribution in [0.2, 0.25) is 5.02 Å². The molecule has 0 aliphatic heterocycles. The molecule has 0 saturated heterocycles. The molecule has 0 aliphatic rings. The van der Waals surface area contributed by atoms with Crippen LogP contribution in [-0.4, -0.2) is 6.61 Å². The molecule has 1 rings (SSSR count). The Morgan fingerprint density at radius 1 is 1.50 bits per heavy atom. The first-order chi connectivity index (χ1) is 6.77. The first kappa shape index (κ1) is 10.4. The van der Waals surface area contributed by atoms with Crippen LogP contribution in [0.3, 0.4) is 0 Å². The minimum atomic E-state index is 0.308. The summed E-state index contributed by atoms with van der Waals surface area (Å²) in [6.45, 7) is 2.05. The van der Waals surface area contributed by atoms with Gasteiger partial charge in [-0.05, 0) is 25.1 Å². The number of halogens is 1. The zero-order chi connectivity index (χ0) is 10.4. The third-order valence-electron chi connectivity index (χ3n) is 1.54. The van der Waals surface area contributed by atoms with Crippen molar-refractivity contribution in [1.29, 1.82) is 5.26 Å². The largest absolute Gasteiger partial charge is 0.479 e. The van der Waals surface area contributed by atoms with Gasteiger partial charge in [-0.15, -0.1) is 5.92 Å². The molecule has 0 fully saturated rings. The van der Waals surface area contributed by atoms with Crippen LogP contribution in [0.4, 0.5) is 0 Å². The molecule has 0 N–H and O–H groups in total. The lowest BCUT2D eigenvalue weighted by Crippen LogP contribution is -1.94. The zero-order valence-electron chi connectivity index (χ0n) is 7.67. The summed E-state index contributed by atoms with van der Waals surface area (Å²) < 4.78 is 5.26. The summed E-state index contributed by atoms with van der Waals surface area (Å²) in [4.78, 5) is 0. The van der Waals surface area contributed by atoms with Crippen LogP contribution < -0.4 is 4.74 Å². The summed E-state index contributed by atoms with van der Waals surface area (Å²) in [6, 6.07) is 6.88. The summed E-state index contributed by atoms with van der Waals surface area (Å²) in [6.07, 6.45) is 0. The summed E-state index contributed by atoms with van der Waals surface area (Å²) in [7, 11) is 0. The molecule has 0 heterocycles. The Morgan fingerprint density at radius 2 is 2.29 bits per heavy atom. The van der Waals surface area contributed by atoms with Crippen molar-refractivity contribution in [2.24, 2.45) is 0 Å². The smallest absolute Gasteiger partial charge is 0.149 e. The second kappa shape index (κ2) is 5.17. The number of nitriles is 1. The predicted octanol–water partition coefficient (Wildman–Crippen LogP) is 2.61. The summed E-state index contributed by atoms with van der Waals surface area (Å²) in [5.74, 6) is 6.02. The van der Waals surface area contributed by atoms with Gasteiger partial charge in [0.15, 0.2) is 0 Å². The first-order valence-corrected chi connectivity index (χ1v) is 4.37. The number of benzene rings is 1. The van der Waals surface area contributed by atoms with Crippen molar-refractivity contribution < 1.29 is 4.74 Å². The van der Waals surface area contributed by atoms with Crippen LogP contribution in [-0.2, 0) is 0 Å². The molecule has 70 valence electrons. The highest BCUT2D eigenvalue weighted by atomic mass is 35.5. The van der Waals surface area contributed by atoms with Crippen molar-refractivity contribution in [3.8, 4) is 23.7 Å². The van der Waals surface area contributed by atoms with Gasteiger partial charge in [0, 0.05) is 0 Å². The van der Waals surface area contributed by atoms with Crippen molar-refractivity contribution in [2.75, 3.05) is 6.61 Å². The van der Waals surface area contributed by atoms with Crippen molar-refractivity contribution in [1.82, 2.24) is 0 Å². The number of hydrogen-bond acceptors (Lipinski definition) is 2. The van der Waals surface area contributed by atoms with Gasteiger partial charge < -0.3 is 4.74 Å². The third-order valence-corrected chi connectivity index (χ3v) is 1.83. The van der Waals surface area contributed by atoms with E-state index in [1.165, 1.54) is 0 Å². The van der Waals surface area contributed by atoms with Crippen LogP contribution in [0.25, 0.3) is 0 Å². The maximum atomic E-state index is 8.60. The van der Waals surface area contributed by atoms with Gasteiger partial charge in [-0.25, -0.2) is 0 Å². The molecule has 1 aromatic rings. The Balaban J connectivity index is 2.78. The van der Waals surface area contributed by atoms with E-state index in [2.05, 4.69) is 11.8 Å². The second-order valence-corrected chi connectivity index (χ2v) is 2.88. The van der Waals surface area contributed by atoms with Crippen LogP contribution in [0, 0.1) is 23.2 Å². The molecular weight excluding hydrogens is 198 g/mol. The molecule has 0 aromatic heterocycles. The van der Waals surface area contributed by atoms with E-state index in [-0.39, 0.29) is 0 Å². The molecule has 1 aromatic carbocycles. The standard InChI is InChI=1S/C11H8ClNO/c1-2-3-6-14-11-5-4-9(8-13)7-10(11)12/h4-5,7H,6H2,1H3. The van der Waals surface area contributed by atoms with Gasteiger partial charge in [0.05, 0.1) is 16.7 Å². The van der Waals surface area contributed by atoms with Crippen molar-refractivity contribution >= 4 is 11.6 Å². The van der Waals surface area contributed by atoms with E-state index in [0.717, 1.165) is 0 Å². The van der Waals surface area contributed by atoms with Crippen LogP contribution in [0.15, 0.2) is 18.2 Å². The Bertz CT molecular complexity index is 423. The summed E-state index contributed by atoms with van der Waals surface area (Å²) in [5.41, 5.74) is 0.518. The molecule has 0 unspecified atom stereocenters. The van der Waals surface area contributed by atoms with E-state index in [9.17, 15) is 0 Å². The van der Waals surface area contributed by atoms with E-state index in [4.69, 9.17) is 21.6 Å². The van der Waals surface area contributed by atoms with Crippen LogP contribution in [0.1, 0.15) is 12.5 Å². The van der Waals surface area contributed by atoms with Gasteiger partial charge in [0.2, 0.25) is 0 Å². The molecule has 14 heavy (non-hydrogen) atoms. The summed E-state index contributed by atoms with van der Waals surface area (Å²) in [5, 5.41) is 9.03. The van der Waals surface area contributed by atoms with E-state index in [0.29, 0.717) is 22.9 Å². The van der Waals surface area contributed by atoms with Gasteiger partial charge in [-0.3, -0.25) is 0 Å². The van der Waals surface area contributed by atoms with Gasteiger partial charge in [-0.2, -0.15) is 5.26 Å². The molecule has 0 atom stereocenters. The normalized spacial score (nSPS) is 8.36. The van der Waals surface area contributed by atoms with E-state index < -0.39 is 0 Å². The number of rotatable bonds is 2. The molecule has 0 amide bonds. The van der Waals surface area contributed by atoms with Gasteiger partial charge >= 0.3 is 0 Å². The van der Waals surface area contributed by atoms with Crippen LogP contribution >= 0.6 is 11.6 Å². The van der Waals surface area contributed by atoms with E-state index in [1.54, 1.807) is 25.1 Å². The second-order valence-electron chi connectivity index (χ2n) is 2.47. The SMILES string of the molecule is CC#CCOc1ccc(C#N)cc1Cl. The monoisotopic (exact) mass is 205 g/mol. The highest BCUT2D eigenvalue weighted by Gasteiger charge is 2.01. The van der Waals surface area contributed by atoms with Crippen molar-refractivity contribution in [2.45, 2.75) is 6.92 Å². The molecular formula is C11H8ClNO. The highest BCUT2D eigenvalue weighted by molar-refractivity contribution is 6.32. The average molecular weight is 206 g/mol. The fourth-order valence-corrected chi connectivity index (χ4v) is 1.11. The first-order valence-electron chi connectivity index (χ1n) is 4.00. The maximum absolute atomic E-state index is 8.60. The molecule has 0 radical (unpaired) electrons. The van der Waals surface area contributed by atoms with E-state index in [1.807, 2.05) is 6.07 Å². The highest BCUT2D eigenvalue weighted by Crippen LogP contribution is 2.24. The van der Waals surface area contributed by atoms with Crippen molar-refractivity contribution in [3.63, 3.8) is 0 Å². The molecule has 2 nitrogen and oxygen atoms in total. The summed E-state index contributed by atoms with van der Waals surface area (Å²) >= 11 is 5.86. The molecule has 3 heteroatoms. The Labute approximate surface area is 88.1 Å². The Hall–Kier alpha value is -1.64. The Kier molecular flexibility index (Phi) is 3.85. The molecule has 0 bridgehead atoms. The lowest BCUT2D eigenvalue weighted by Gasteiger charge is -2.03. The van der Waals surface area contributed by atoms with Gasteiger partial charge in [0.1, 0.15) is 12.4 Å². The topological polar surface area (TPSA) is 33.0 Å². The third kappa shape index (κ3) is 2.69. The molecule has 0 spiro atoms. The average Bonchev–Trinajstić information content (AvgIpc) is 2.20.